The van der Waals surface area contributed by atoms with Gasteiger partial charge in [0.2, 0.25) is 0 Å². The van der Waals surface area contributed by atoms with E-state index in [1.165, 1.54) is 6.07 Å². The number of hydrogen-bond acceptors (Lipinski definition) is 2. The number of carboxylic acids is 1. The molecule has 20 heavy (non-hydrogen) atoms. The van der Waals surface area contributed by atoms with Crippen molar-refractivity contribution in [3.8, 4) is 0 Å². The molecule has 1 amide bonds. The number of benzene rings is 1. The lowest BCUT2D eigenvalue weighted by atomic mass is 10.1. The Morgan fingerprint density at radius 1 is 1.40 bits per heavy atom. The number of carbonyl (C=O) groups is 2. The molecule has 2 N–H and O–H groups in total. The second-order valence-electron chi connectivity index (χ2n) is 3.96. The van der Waals surface area contributed by atoms with Gasteiger partial charge in [-0.2, -0.15) is 13.2 Å². The first-order valence-corrected chi connectivity index (χ1v) is 6.36. The second kappa shape index (κ2) is 6.25. The third-order valence-electron chi connectivity index (χ3n) is 2.55. The smallest absolute Gasteiger partial charge is 0.417 e. The van der Waals surface area contributed by atoms with E-state index < -0.39 is 29.7 Å². The summed E-state index contributed by atoms with van der Waals surface area (Å²) in [5.41, 5.74) is -1.24. The van der Waals surface area contributed by atoms with Crippen molar-refractivity contribution < 1.29 is 27.9 Å². The molecule has 0 fully saturated rings. The fraction of sp³-hybridized carbons (Fsp3) is 0.333. The Morgan fingerprint density at radius 3 is 2.45 bits per heavy atom. The first-order valence-electron chi connectivity index (χ1n) is 5.57. The molecule has 1 rings (SSSR count). The molecule has 0 bridgehead atoms. The molecule has 0 saturated heterocycles. The van der Waals surface area contributed by atoms with Crippen LogP contribution in [0.15, 0.2) is 22.7 Å². The van der Waals surface area contributed by atoms with E-state index >= 15 is 0 Å². The number of aliphatic carboxylic acids is 1. The summed E-state index contributed by atoms with van der Waals surface area (Å²) in [7, 11) is 0. The predicted octanol–water partition coefficient (Wildman–Crippen LogP) is 3.06. The van der Waals surface area contributed by atoms with Crippen LogP contribution in [0.3, 0.4) is 0 Å². The van der Waals surface area contributed by atoms with Gasteiger partial charge in [-0.1, -0.05) is 22.9 Å². The summed E-state index contributed by atoms with van der Waals surface area (Å²) in [5.74, 6) is -2.11. The fourth-order valence-electron chi connectivity index (χ4n) is 1.46. The van der Waals surface area contributed by atoms with Crippen LogP contribution in [0, 0.1) is 0 Å². The number of amides is 1. The van der Waals surface area contributed by atoms with Crippen molar-refractivity contribution in [2.45, 2.75) is 25.6 Å². The van der Waals surface area contributed by atoms with Crippen molar-refractivity contribution >= 4 is 27.8 Å². The predicted molar refractivity (Wildman–Crippen MR) is 68.3 cm³/mol. The molecule has 0 spiro atoms. The van der Waals surface area contributed by atoms with E-state index in [-0.39, 0.29) is 16.5 Å². The number of alkyl halides is 3. The van der Waals surface area contributed by atoms with E-state index in [1.54, 1.807) is 6.92 Å². The molecule has 4 nitrogen and oxygen atoms in total. The largest absolute Gasteiger partial charge is 0.480 e. The third kappa shape index (κ3) is 3.96. The van der Waals surface area contributed by atoms with Gasteiger partial charge in [0.25, 0.3) is 5.91 Å². The lowest BCUT2D eigenvalue weighted by molar-refractivity contribution is -0.139. The summed E-state index contributed by atoms with van der Waals surface area (Å²) in [6, 6.07) is 1.82. The normalized spacial score (nSPS) is 12.8. The Bertz CT molecular complexity index is 531. The van der Waals surface area contributed by atoms with E-state index in [0.717, 1.165) is 6.07 Å². The zero-order valence-electron chi connectivity index (χ0n) is 10.3. The zero-order chi connectivity index (χ0) is 15.5. The highest BCUT2D eigenvalue weighted by Crippen LogP contribution is 2.35. The second-order valence-corrected chi connectivity index (χ2v) is 4.82. The maximum absolute atomic E-state index is 12.7. The molecular formula is C12H11BrF3NO3. The van der Waals surface area contributed by atoms with Gasteiger partial charge in [0, 0.05) is 10.0 Å². The van der Waals surface area contributed by atoms with Crippen LogP contribution < -0.4 is 5.32 Å². The van der Waals surface area contributed by atoms with Crippen LogP contribution in [0.25, 0.3) is 0 Å². The maximum atomic E-state index is 12.7. The molecule has 0 aliphatic heterocycles. The van der Waals surface area contributed by atoms with E-state index in [4.69, 9.17) is 5.11 Å². The summed E-state index contributed by atoms with van der Waals surface area (Å²) in [6.45, 7) is 1.54. The topological polar surface area (TPSA) is 66.4 Å². The summed E-state index contributed by atoms with van der Waals surface area (Å²) >= 11 is 2.76. The van der Waals surface area contributed by atoms with Gasteiger partial charge >= 0.3 is 12.1 Å². The first-order chi connectivity index (χ1) is 9.16. The molecular weight excluding hydrogens is 343 g/mol. The Kier molecular flexibility index (Phi) is 5.15. The minimum absolute atomic E-state index is 0.129. The molecule has 0 saturated carbocycles. The van der Waals surface area contributed by atoms with E-state index in [1.807, 2.05) is 0 Å². The fourth-order valence-corrected chi connectivity index (χ4v) is 1.94. The molecule has 0 radical (unpaired) electrons. The molecule has 110 valence electrons. The first kappa shape index (κ1) is 16.5. The van der Waals surface area contributed by atoms with Gasteiger partial charge in [0.15, 0.2) is 0 Å². The molecule has 8 heteroatoms. The van der Waals surface area contributed by atoms with Crippen molar-refractivity contribution in [3.63, 3.8) is 0 Å². The van der Waals surface area contributed by atoms with Crippen LogP contribution in [0.2, 0.25) is 0 Å². The average molecular weight is 354 g/mol. The molecule has 0 aromatic heterocycles. The van der Waals surface area contributed by atoms with Gasteiger partial charge in [-0.3, -0.25) is 4.79 Å². The van der Waals surface area contributed by atoms with E-state index in [2.05, 4.69) is 21.2 Å². The lowest BCUT2D eigenvalue weighted by Crippen LogP contribution is -2.40. The molecule has 0 aliphatic rings. The number of rotatable bonds is 4. The van der Waals surface area contributed by atoms with Gasteiger partial charge in [-0.05, 0) is 24.6 Å². The van der Waals surface area contributed by atoms with Crippen LogP contribution in [0.5, 0.6) is 0 Å². The average Bonchev–Trinajstić information content (AvgIpc) is 2.34. The highest BCUT2D eigenvalue weighted by atomic mass is 79.9. The summed E-state index contributed by atoms with van der Waals surface area (Å²) in [4.78, 5) is 22.5. The quantitative estimate of drug-likeness (QED) is 0.874. The number of hydrogen-bond donors (Lipinski definition) is 2. The number of halogens is 4. The summed E-state index contributed by atoms with van der Waals surface area (Å²) < 4.78 is 37.9. The van der Waals surface area contributed by atoms with Crippen LogP contribution in [-0.4, -0.2) is 23.0 Å². The van der Waals surface area contributed by atoms with Crippen molar-refractivity contribution in [2.75, 3.05) is 0 Å². The molecule has 1 atom stereocenters. The molecule has 1 aromatic rings. The molecule has 0 heterocycles. The summed E-state index contributed by atoms with van der Waals surface area (Å²) in [6.07, 6.45) is -4.48. The van der Waals surface area contributed by atoms with Gasteiger partial charge in [-0.25, -0.2) is 4.79 Å². The van der Waals surface area contributed by atoms with E-state index in [0.29, 0.717) is 6.07 Å². The lowest BCUT2D eigenvalue weighted by Gasteiger charge is -2.14. The van der Waals surface area contributed by atoms with Gasteiger partial charge in [0.1, 0.15) is 6.04 Å². The molecule has 0 aliphatic carbocycles. The standard InChI is InChI=1S/C12H11BrF3NO3/c1-2-9(11(19)20)17-10(18)6-3-4-8(13)7(5-6)12(14,15)16/h3-5,9H,2H2,1H3,(H,17,18)(H,19,20)/t9-/m0/s1. The van der Waals surface area contributed by atoms with Crippen LogP contribution in [-0.2, 0) is 11.0 Å². The Hall–Kier alpha value is -1.57. The minimum atomic E-state index is -4.61. The highest BCUT2D eigenvalue weighted by molar-refractivity contribution is 9.10. The number of carbonyl (C=O) groups excluding carboxylic acids is 1. The maximum Gasteiger partial charge on any atom is 0.417 e. The van der Waals surface area contributed by atoms with Crippen molar-refractivity contribution in [2.24, 2.45) is 0 Å². The summed E-state index contributed by atoms with van der Waals surface area (Å²) in [5, 5.41) is 11.0. The highest BCUT2D eigenvalue weighted by Gasteiger charge is 2.33. The number of nitrogens with one attached hydrogen (secondary N) is 1. The molecule has 0 unspecified atom stereocenters. The minimum Gasteiger partial charge on any atom is -0.480 e. The Labute approximate surface area is 121 Å². The van der Waals surface area contributed by atoms with Crippen molar-refractivity contribution in [3.05, 3.63) is 33.8 Å². The monoisotopic (exact) mass is 353 g/mol. The van der Waals surface area contributed by atoms with Crippen molar-refractivity contribution in [1.29, 1.82) is 0 Å². The van der Waals surface area contributed by atoms with Crippen LogP contribution in [0.4, 0.5) is 13.2 Å². The Morgan fingerprint density at radius 2 is 2.00 bits per heavy atom. The zero-order valence-corrected chi connectivity index (χ0v) is 11.9. The SMILES string of the molecule is CC[C@H](NC(=O)c1ccc(Br)c(C(F)(F)F)c1)C(=O)O. The third-order valence-corrected chi connectivity index (χ3v) is 3.24. The van der Waals surface area contributed by atoms with Crippen LogP contribution in [0.1, 0.15) is 29.3 Å². The number of carboxylic acid groups (broad SMARTS) is 1. The van der Waals surface area contributed by atoms with E-state index in [9.17, 15) is 22.8 Å². The van der Waals surface area contributed by atoms with Gasteiger partial charge < -0.3 is 10.4 Å². The van der Waals surface area contributed by atoms with Gasteiger partial charge in [0.05, 0.1) is 5.56 Å². The van der Waals surface area contributed by atoms with Gasteiger partial charge in [-0.15, -0.1) is 0 Å². The van der Waals surface area contributed by atoms with Crippen molar-refractivity contribution in [1.82, 2.24) is 5.32 Å². The molecule has 1 aromatic carbocycles. The Balaban J connectivity index is 3.03. The van der Waals surface area contributed by atoms with Crippen LogP contribution >= 0.6 is 15.9 Å².